The largest absolute Gasteiger partial charge is 0.417 e. The van der Waals surface area contributed by atoms with Gasteiger partial charge >= 0.3 is 5.76 Å². The van der Waals surface area contributed by atoms with Crippen molar-refractivity contribution in [1.29, 1.82) is 0 Å². The number of aromatic nitrogens is 1. The summed E-state index contributed by atoms with van der Waals surface area (Å²) in [6.45, 7) is 0.413. The number of nitrogens with one attached hydrogen (secondary N) is 1. The van der Waals surface area contributed by atoms with Gasteiger partial charge in [0.1, 0.15) is 0 Å². The van der Waals surface area contributed by atoms with Gasteiger partial charge in [0, 0.05) is 12.6 Å². The summed E-state index contributed by atoms with van der Waals surface area (Å²) < 4.78 is 32.0. The van der Waals surface area contributed by atoms with Gasteiger partial charge in [-0.05, 0) is 30.2 Å². The number of hydrogen-bond acceptors (Lipinski definition) is 4. The predicted molar refractivity (Wildman–Crippen MR) is 81.5 cm³/mol. The summed E-state index contributed by atoms with van der Waals surface area (Å²) in [7, 11) is -3.68. The highest BCUT2D eigenvalue weighted by Gasteiger charge is 2.30. The first kappa shape index (κ1) is 13.1. The molecule has 7 heteroatoms. The number of fused-ring (bicyclic) bond motifs is 2. The molecule has 1 aromatic heterocycles. The standard InChI is InChI=1S/C15H12N2O4S/c18-15-16-12-6-5-11(9-14(12)21-15)22(19,20)17-8-7-10-3-1-2-4-13(10)17/h1-6,9H,7-8H2,(H,16,18). The van der Waals surface area contributed by atoms with Crippen molar-refractivity contribution in [3.63, 3.8) is 0 Å². The zero-order valence-electron chi connectivity index (χ0n) is 11.4. The Balaban J connectivity index is 1.84. The molecule has 1 aliphatic heterocycles. The maximum absolute atomic E-state index is 12.8. The lowest BCUT2D eigenvalue weighted by Gasteiger charge is -2.19. The number of para-hydroxylation sites is 1. The lowest BCUT2D eigenvalue weighted by Crippen LogP contribution is -2.29. The molecule has 22 heavy (non-hydrogen) atoms. The van der Waals surface area contributed by atoms with E-state index in [1.807, 2.05) is 18.2 Å². The SMILES string of the molecule is O=c1[nH]c2ccc(S(=O)(=O)N3CCc4ccccc43)cc2o1. The van der Waals surface area contributed by atoms with E-state index in [0.29, 0.717) is 24.2 Å². The molecular formula is C15H12N2O4S. The molecule has 6 nitrogen and oxygen atoms in total. The maximum atomic E-state index is 12.8. The third-order valence-corrected chi connectivity index (χ3v) is 5.63. The molecule has 1 aliphatic rings. The Kier molecular flexibility index (Phi) is 2.67. The third-order valence-electron chi connectivity index (χ3n) is 3.83. The lowest BCUT2D eigenvalue weighted by molar-refractivity contribution is 0.554. The van der Waals surface area contributed by atoms with Crippen LogP contribution in [0.1, 0.15) is 5.56 Å². The van der Waals surface area contributed by atoms with E-state index < -0.39 is 15.8 Å². The Morgan fingerprint density at radius 1 is 1.14 bits per heavy atom. The lowest BCUT2D eigenvalue weighted by atomic mass is 10.2. The molecule has 0 bridgehead atoms. The Hall–Kier alpha value is -2.54. The van der Waals surface area contributed by atoms with Crippen LogP contribution in [0.3, 0.4) is 0 Å². The van der Waals surface area contributed by atoms with Crippen molar-refractivity contribution in [1.82, 2.24) is 4.98 Å². The summed E-state index contributed by atoms with van der Waals surface area (Å²) in [5.41, 5.74) is 2.43. The van der Waals surface area contributed by atoms with Crippen LogP contribution < -0.4 is 10.1 Å². The second-order valence-electron chi connectivity index (χ2n) is 5.13. The Morgan fingerprint density at radius 3 is 2.82 bits per heavy atom. The van der Waals surface area contributed by atoms with Crippen molar-refractivity contribution in [3.05, 3.63) is 58.6 Å². The van der Waals surface area contributed by atoms with Gasteiger partial charge in [-0.2, -0.15) is 0 Å². The Labute approximate surface area is 126 Å². The van der Waals surface area contributed by atoms with Gasteiger partial charge in [-0.1, -0.05) is 18.2 Å². The third kappa shape index (κ3) is 1.86. The van der Waals surface area contributed by atoms with Crippen molar-refractivity contribution >= 4 is 26.8 Å². The van der Waals surface area contributed by atoms with Gasteiger partial charge in [0.05, 0.1) is 16.1 Å². The zero-order chi connectivity index (χ0) is 15.3. The van der Waals surface area contributed by atoms with Gasteiger partial charge in [0.2, 0.25) is 0 Å². The molecule has 112 valence electrons. The molecule has 0 atom stereocenters. The first-order valence-corrected chi connectivity index (χ1v) is 8.23. The molecule has 0 saturated carbocycles. The van der Waals surface area contributed by atoms with E-state index >= 15 is 0 Å². The normalized spacial score (nSPS) is 14.5. The molecule has 4 rings (SSSR count). The van der Waals surface area contributed by atoms with Crippen LogP contribution in [0.25, 0.3) is 11.1 Å². The van der Waals surface area contributed by atoms with E-state index in [1.54, 1.807) is 6.07 Å². The molecule has 0 fully saturated rings. The van der Waals surface area contributed by atoms with Gasteiger partial charge in [0.15, 0.2) is 5.58 Å². The minimum atomic E-state index is -3.68. The molecule has 0 saturated heterocycles. The van der Waals surface area contributed by atoms with E-state index in [9.17, 15) is 13.2 Å². The number of rotatable bonds is 2. The number of aromatic amines is 1. The van der Waals surface area contributed by atoms with Crippen LogP contribution in [0.2, 0.25) is 0 Å². The average molecular weight is 316 g/mol. The van der Waals surface area contributed by atoms with Gasteiger partial charge in [-0.3, -0.25) is 9.29 Å². The number of oxazole rings is 1. The fraction of sp³-hybridized carbons (Fsp3) is 0.133. The number of sulfonamides is 1. The first-order chi connectivity index (χ1) is 10.6. The van der Waals surface area contributed by atoms with Crippen molar-refractivity contribution in [2.75, 3.05) is 10.8 Å². The van der Waals surface area contributed by atoms with Crippen molar-refractivity contribution in [2.45, 2.75) is 11.3 Å². The quantitative estimate of drug-likeness (QED) is 0.782. The summed E-state index contributed by atoms with van der Waals surface area (Å²) in [6.07, 6.45) is 0.691. The molecule has 2 aromatic carbocycles. The molecule has 0 spiro atoms. The molecule has 1 N–H and O–H groups in total. The first-order valence-electron chi connectivity index (χ1n) is 6.79. The minimum Gasteiger partial charge on any atom is -0.408 e. The van der Waals surface area contributed by atoms with E-state index in [2.05, 4.69) is 4.98 Å². The molecule has 3 aromatic rings. The summed E-state index contributed by atoms with van der Waals surface area (Å²) >= 11 is 0. The number of benzene rings is 2. The summed E-state index contributed by atoms with van der Waals surface area (Å²) in [5.74, 6) is -0.601. The molecular weight excluding hydrogens is 304 g/mol. The summed E-state index contributed by atoms with van der Waals surface area (Å²) in [5, 5.41) is 0. The van der Waals surface area contributed by atoms with Crippen LogP contribution >= 0.6 is 0 Å². The summed E-state index contributed by atoms with van der Waals surface area (Å²) in [6, 6.07) is 11.8. The van der Waals surface area contributed by atoms with Gasteiger partial charge in [-0.15, -0.1) is 0 Å². The molecule has 0 aliphatic carbocycles. The minimum absolute atomic E-state index is 0.111. The van der Waals surface area contributed by atoms with Crippen LogP contribution in [0.15, 0.2) is 56.6 Å². The van der Waals surface area contributed by atoms with Crippen molar-refractivity contribution in [3.8, 4) is 0 Å². The van der Waals surface area contributed by atoms with Crippen LogP contribution in [-0.2, 0) is 16.4 Å². The zero-order valence-corrected chi connectivity index (χ0v) is 12.3. The predicted octanol–water partition coefficient (Wildman–Crippen LogP) is 1.87. The fourth-order valence-corrected chi connectivity index (χ4v) is 4.29. The second kappa shape index (κ2) is 4.48. The highest BCUT2D eigenvalue weighted by molar-refractivity contribution is 7.92. The smallest absolute Gasteiger partial charge is 0.408 e. The van der Waals surface area contributed by atoms with Crippen LogP contribution in [0.4, 0.5) is 5.69 Å². The molecule has 2 heterocycles. The van der Waals surface area contributed by atoms with E-state index in [0.717, 1.165) is 5.56 Å². The molecule has 0 unspecified atom stereocenters. The number of nitrogens with zero attached hydrogens (tertiary/aromatic N) is 1. The van der Waals surface area contributed by atoms with Crippen LogP contribution in [0.5, 0.6) is 0 Å². The highest BCUT2D eigenvalue weighted by Crippen LogP contribution is 2.33. The van der Waals surface area contributed by atoms with Crippen LogP contribution in [0, 0.1) is 0 Å². The van der Waals surface area contributed by atoms with Crippen molar-refractivity contribution in [2.24, 2.45) is 0 Å². The van der Waals surface area contributed by atoms with Gasteiger partial charge < -0.3 is 4.42 Å². The summed E-state index contributed by atoms with van der Waals surface area (Å²) in [4.78, 5) is 13.8. The average Bonchev–Trinajstić information content (AvgIpc) is 3.08. The highest BCUT2D eigenvalue weighted by atomic mass is 32.2. The second-order valence-corrected chi connectivity index (χ2v) is 6.99. The van der Waals surface area contributed by atoms with E-state index in [4.69, 9.17) is 4.42 Å². The Morgan fingerprint density at radius 2 is 1.95 bits per heavy atom. The molecule has 0 amide bonds. The number of anilines is 1. The Bertz CT molecular complexity index is 1030. The van der Waals surface area contributed by atoms with Crippen molar-refractivity contribution < 1.29 is 12.8 Å². The topological polar surface area (TPSA) is 83.4 Å². The molecule has 0 radical (unpaired) electrons. The van der Waals surface area contributed by atoms with E-state index in [-0.39, 0.29) is 10.5 Å². The fourth-order valence-electron chi connectivity index (χ4n) is 2.77. The van der Waals surface area contributed by atoms with Gasteiger partial charge in [-0.25, -0.2) is 13.2 Å². The maximum Gasteiger partial charge on any atom is 0.417 e. The number of H-pyrrole nitrogens is 1. The van der Waals surface area contributed by atoms with Crippen LogP contribution in [-0.4, -0.2) is 19.9 Å². The van der Waals surface area contributed by atoms with E-state index in [1.165, 1.54) is 22.5 Å². The number of hydrogen-bond donors (Lipinski definition) is 1. The monoisotopic (exact) mass is 316 g/mol. The van der Waals surface area contributed by atoms with Gasteiger partial charge in [0.25, 0.3) is 10.0 Å².